The minimum absolute atomic E-state index is 0.152. The molecule has 1 heteroatoms. The highest BCUT2D eigenvalue weighted by molar-refractivity contribution is 5.27. The molecule has 1 aliphatic carbocycles. The Morgan fingerprint density at radius 2 is 1.76 bits per heavy atom. The van der Waals surface area contributed by atoms with Crippen LogP contribution in [-0.2, 0) is 12.0 Å². The molecule has 94 valence electrons. The number of hydrogen-bond acceptors (Lipinski definition) is 1. The van der Waals surface area contributed by atoms with Gasteiger partial charge in [-0.15, -0.1) is 0 Å². The van der Waals surface area contributed by atoms with Crippen LogP contribution >= 0.6 is 0 Å². The molecule has 1 aliphatic rings. The highest BCUT2D eigenvalue weighted by Gasteiger charge is 2.27. The fraction of sp³-hybridized carbons (Fsp3) is 0.625. The lowest BCUT2D eigenvalue weighted by Crippen LogP contribution is -2.34. The molecule has 0 saturated heterocycles. The Balaban J connectivity index is 2.06. The molecule has 0 amide bonds. The van der Waals surface area contributed by atoms with Crippen molar-refractivity contribution in [3.8, 4) is 0 Å². The molecular weight excluding hydrogens is 206 g/mol. The second-order valence-electron chi connectivity index (χ2n) is 5.82. The second kappa shape index (κ2) is 5.22. The summed E-state index contributed by atoms with van der Waals surface area (Å²) < 4.78 is 0. The van der Waals surface area contributed by atoms with Crippen LogP contribution in [0.15, 0.2) is 24.3 Å². The maximum Gasteiger partial charge on any atom is 0.0383 e. The van der Waals surface area contributed by atoms with E-state index in [0.717, 1.165) is 18.8 Å². The van der Waals surface area contributed by atoms with Crippen molar-refractivity contribution in [2.24, 2.45) is 11.7 Å². The molecule has 1 atom stereocenters. The predicted molar refractivity (Wildman–Crippen MR) is 73.9 cm³/mol. The van der Waals surface area contributed by atoms with E-state index < -0.39 is 0 Å². The summed E-state index contributed by atoms with van der Waals surface area (Å²) in [6, 6.07) is 8.87. The first-order chi connectivity index (χ1) is 8.12. The molecule has 1 unspecified atom stereocenters. The van der Waals surface area contributed by atoms with E-state index in [0.29, 0.717) is 0 Å². The summed E-state index contributed by atoms with van der Waals surface area (Å²) in [5.74, 6) is 0.843. The Labute approximate surface area is 105 Å². The molecule has 2 N–H and O–H groups in total. The van der Waals surface area contributed by atoms with E-state index >= 15 is 0 Å². The Bertz CT molecular complexity index is 344. The van der Waals surface area contributed by atoms with Crippen LogP contribution in [0.4, 0.5) is 0 Å². The number of aryl methyl sites for hydroxylation is 1. The van der Waals surface area contributed by atoms with Crippen LogP contribution in [-0.4, -0.2) is 0 Å². The number of nitrogens with two attached hydrogens (primary N) is 1. The molecule has 1 saturated carbocycles. The van der Waals surface area contributed by atoms with E-state index in [1.54, 1.807) is 0 Å². The monoisotopic (exact) mass is 231 g/mol. The molecule has 0 spiro atoms. The molecule has 2 rings (SSSR count). The van der Waals surface area contributed by atoms with Gasteiger partial charge in [0, 0.05) is 5.54 Å². The largest absolute Gasteiger partial charge is 0.322 e. The van der Waals surface area contributed by atoms with Gasteiger partial charge in [0.05, 0.1) is 0 Å². The van der Waals surface area contributed by atoms with Gasteiger partial charge in [-0.3, -0.25) is 0 Å². The SMILES string of the molecule is CCc1ccc(C(C)(N)CC2CCCC2)cc1. The maximum absolute atomic E-state index is 6.51. The van der Waals surface area contributed by atoms with Crippen molar-refractivity contribution in [1.82, 2.24) is 0 Å². The van der Waals surface area contributed by atoms with Crippen LogP contribution in [0.5, 0.6) is 0 Å². The lowest BCUT2D eigenvalue weighted by atomic mass is 9.83. The smallest absolute Gasteiger partial charge is 0.0383 e. The second-order valence-corrected chi connectivity index (χ2v) is 5.82. The average molecular weight is 231 g/mol. The molecule has 17 heavy (non-hydrogen) atoms. The average Bonchev–Trinajstić information content (AvgIpc) is 2.81. The normalized spacial score (nSPS) is 20.4. The van der Waals surface area contributed by atoms with Gasteiger partial charge in [0.2, 0.25) is 0 Å². The summed E-state index contributed by atoms with van der Waals surface area (Å²) in [6.45, 7) is 4.38. The van der Waals surface area contributed by atoms with Gasteiger partial charge in [-0.05, 0) is 36.8 Å². The van der Waals surface area contributed by atoms with E-state index in [1.165, 1.54) is 36.8 Å². The summed E-state index contributed by atoms with van der Waals surface area (Å²) in [5, 5.41) is 0. The Morgan fingerprint density at radius 1 is 1.18 bits per heavy atom. The standard InChI is InChI=1S/C16H25N/c1-3-13-8-10-15(11-9-13)16(2,17)12-14-6-4-5-7-14/h8-11,14H,3-7,12,17H2,1-2H3. The lowest BCUT2D eigenvalue weighted by Gasteiger charge is -2.28. The van der Waals surface area contributed by atoms with Crippen LogP contribution in [0, 0.1) is 5.92 Å². The molecule has 0 aliphatic heterocycles. The third kappa shape index (κ3) is 3.10. The molecule has 0 aromatic heterocycles. The van der Waals surface area contributed by atoms with Crippen LogP contribution in [0.1, 0.15) is 57.1 Å². The molecule has 0 bridgehead atoms. The Morgan fingerprint density at radius 3 is 2.29 bits per heavy atom. The fourth-order valence-electron chi connectivity index (χ4n) is 3.05. The van der Waals surface area contributed by atoms with Crippen molar-refractivity contribution in [1.29, 1.82) is 0 Å². The summed E-state index contributed by atoms with van der Waals surface area (Å²) in [7, 11) is 0. The van der Waals surface area contributed by atoms with E-state index in [2.05, 4.69) is 38.1 Å². The third-order valence-corrected chi connectivity index (χ3v) is 4.21. The van der Waals surface area contributed by atoms with Gasteiger partial charge >= 0.3 is 0 Å². The van der Waals surface area contributed by atoms with Crippen molar-refractivity contribution in [3.63, 3.8) is 0 Å². The lowest BCUT2D eigenvalue weighted by molar-refractivity contribution is 0.349. The summed E-state index contributed by atoms with van der Waals surface area (Å²) in [6.07, 6.45) is 7.79. The van der Waals surface area contributed by atoms with Crippen LogP contribution in [0.2, 0.25) is 0 Å². The minimum atomic E-state index is -0.152. The molecule has 1 aromatic carbocycles. The van der Waals surface area contributed by atoms with E-state index in [-0.39, 0.29) is 5.54 Å². The van der Waals surface area contributed by atoms with Crippen molar-refractivity contribution in [2.45, 2.75) is 57.9 Å². The van der Waals surface area contributed by atoms with Crippen LogP contribution in [0.3, 0.4) is 0 Å². The Kier molecular flexibility index (Phi) is 3.88. The number of rotatable bonds is 4. The first-order valence-electron chi connectivity index (χ1n) is 7.00. The Hall–Kier alpha value is -0.820. The van der Waals surface area contributed by atoms with Gasteiger partial charge in [0.1, 0.15) is 0 Å². The van der Waals surface area contributed by atoms with Crippen molar-refractivity contribution in [3.05, 3.63) is 35.4 Å². The van der Waals surface area contributed by atoms with Gasteiger partial charge in [-0.25, -0.2) is 0 Å². The summed E-state index contributed by atoms with van der Waals surface area (Å²) in [5.41, 5.74) is 9.04. The van der Waals surface area contributed by atoms with Crippen LogP contribution < -0.4 is 5.73 Å². The van der Waals surface area contributed by atoms with Gasteiger partial charge < -0.3 is 5.73 Å². The molecule has 1 nitrogen and oxygen atoms in total. The van der Waals surface area contributed by atoms with Gasteiger partial charge in [0.15, 0.2) is 0 Å². The van der Waals surface area contributed by atoms with Crippen molar-refractivity contribution < 1.29 is 0 Å². The number of hydrogen-bond donors (Lipinski definition) is 1. The highest BCUT2D eigenvalue weighted by atomic mass is 14.7. The quantitative estimate of drug-likeness (QED) is 0.832. The van der Waals surface area contributed by atoms with E-state index in [4.69, 9.17) is 5.73 Å². The zero-order valence-electron chi connectivity index (χ0n) is 11.2. The topological polar surface area (TPSA) is 26.0 Å². The van der Waals surface area contributed by atoms with E-state index in [1.807, 2.05) is 0 Å². The maximum atomic E-state index is 6.51. The molecule has 0 radical (unpaired) electrons. The fourth-order valence-corrected chi connectivity index (χ4v) is 3.05. The first kappa shape index (κ1) is 12.6. The van der Waals surface area contributed by atoms with Crippen molar-refractivity contribution >= 4 is 0 Å². The highest BCUT2D eigenvalue weighted by Crippen LogP contribution is 2.35. The van der Waals surface area contributed by atoms with Crippen molar-refractivity contribution in [2.75, 3.05) is 0 Å². The van der Waals surface area contributed by atoms with Gasteiger partial charge in [-0.1, -0.05) is 56.9 Å². The molecule has 1 fully saturated rings. The third-order valence-electron chi connectivity index (χ3n) is 4.21. The molecule has 0 heterocycles. The molecule has 1 aromatic rings. The van der Waals surface area contributed by atoms with Gasteiger partial charge in [-0.2, -0.15) is 0 Å². The zero-order valence-corrected chi connectivity index (χ0v) is 11.2. The summed E-state index contributed by atoms with van der Waals surface area (Å²) >= 11 is 0. The molecular formula is C16H25N. The first-order valence-corrected chi connectivity index (χ1v) is 7.00. The number of benzene rings is 1. The predicted octanol–water partition coefficient (Wildman–Crippen LogP) is 4.00. The summed E-state index contributed by atoms with van der Waals surface area (Å²) in [4.78, 5) is 0. The minimum Gasteiger partial charge on any atom is -0.322 e. The van der Waals surface area contributed by atoms with E-state index in [9.17, 15) is 0 Å². The van der Waals surface area contributed by atoms with Gasteiger partial charge in [0.25, 0.3) is 0 Å². The van der Waals surface area contributed by atoms with Crippen LogP contribution in [0.25, 0.3) is 0 Å². The zero-order chi connectivity index (χ0) is 12.3.